The highest BCUT2D eigenvalue weighted by molar-refractivity contribution is 7.90. The molecular formula is C10H14FN3O3S. The Balaban J connectivity index is 2.86. The van der Waals surface area contributed by atoms with E-state index < -0.39 is 21.9 Å². The Morgan fingerprint density at radius 3 is 2.67 bits per heavy atom. The highest BCUT2D eigenvalue weighted by atomic mass is 32.2. The van der Waals surface area contributed by atoms with Crippen LogP contribution in [0.3, 0.4) is 0 Å². The summed E-state index contributed by atoms with van der Waals surface area (Å²) in [6.45, 7) is 2.17. The van der Waals surface area contributed by atoms with E-state index >= 15 is 0 Å². The Morgan fingerprint density at radius 1 is 1.44 bits per heavy atom. The first-order valence-corrected chi connectivity index (χ1v) is 6.71. The maximum absolute atomic E-state index is 13.1. The molecule has 0 spiro atoms. The van der Waals surface area contributed by atoms with Crippen LogP contribution in [0.15, 0.2) is 23.1 Å². The van der Waals surface area contributed by atoms with Crippen LogP contribution in [0.1, 0.15) is 13.3 Å². The smallest absolute Gasteiger partial charge is 0.328 e. The lowest BCUT2D eigenvalue weighted by Crippen LogP contribution is -2.39. The zero-order valence-corrected chi connectivity index (χ0v) is 10.6. The molecule has 0 saturated carbocycles. The van der Waals surface area contributed by atoms with Crippen molar-refractivity contribution >= 4 is 21.7 Å². The first-order valence-electron chi connectivity index (χ1n) is 5.22. The molecule has 8 heteroatoms. The van der Waals surface area contributed by atoms with Crippen LogP contribution < -0.4 is 15.8 Å². The van der Waals surface area contributed by atoms with Crippen LogP contribution in [0.2, 0.25) is 0 Å². The van der Waals surface area contributed by atoms with E-state index in [1.807, 2.05) is 6.92 Å². The van der Waals surface area contributed by atoms with Crippen LogP contribution in [0, 0.1) is 5.82 Å². The van der Waals surface area contributed by atoms with Crippen LogP contribution in [0.5, 0.6) is 0 Å². The number of nitrogen functional groups attached to an aromatic ring is 1. The van der Waals surface area contributed by atoms with Crippen LogP contribution in [0.25, 0.3) is 0 Å². The van der Waals surface area contributed by atoms with Crippen molar-refractivity contribution in [2.45, 2.75) is 18.2 Å². The summed E-state index contributed by atoms with van der Waals surface area (Å²) >= 11 is 0. The predicted octanol–water partition coefficient (Wildman–Crippen LogP) is 0.806. The second-order valence-corrected chi connectivity index (χ2v) is 5.23. The number of rotatable bonds is 4. The van der Waals surface area contributed by atoms with E-state index in [9.17, 15) is 17.6 Å². The van der Waals surface area contributed by atoms with Gasteiger partial charge in [0.05, 0.1) is 10.6 Å². The second-order valence-electron chi connectivity index (χ2n) is 3.54. The number of carbonyl (C=O) groups excluding carboxylic acids is 1. The maximum Gasteiger partial charge on any atom is 0.328 e. The lowest BCUT2D eigenvalue weighted by Gasteiger charge is -2.08. The van der Waals surface area contributed by atoms with Crippen molar-refractivity contribution in [2.24, 2.45) is 0 Å². The standard InChI is InChI=1S/C10H14FN3O3S/c1-2-5-13-10(15)14-18(16,17)7-3-4-9(12)8(11)6-7/h3-4,6H,2,5,12H2,1H3,(H2,13,14,15). The van der Waals surface area contributed by atoms with Gasteiger partial charge in [-0.05, 0) is 24.6 Å². The molecule has 0 aromatic heterocycles. The Labute approximate surface area is 104 Å². The van der Waals surface area contributed by atoms with Gasteiger partial charge in [-0.2, -0.15) is 0 Å². The Hall–Kier alpha value is -1.83. The quantitative estimate of drug-likeness (QED) is 0.707. The molecule has 2 amide bonds. The molecule has 0 bridgehead atoms. The van der Waals surface area contributed by atoms with Gasteiger partial charge in [0.15, 0.2) is 0 Å². The molecule has 0 fully saturated rings. The topological polar surface area (TPSA) is 101 Å². The molecule has 1 rings (SSSR count). The molecule has 0 saturated heterocycles. The monoisotopic (exact) mass is 275 g/mol. The number of sulfonamides is 1. The Bertz CT molecular complexity index is 545. The number of nitrogens with two attached hydrogens (primary N) is 1. The average Bonchev–Trinajstić information content (AvgIpc) is 2.29. The summed E-state index contributed by atoms with van der Waals surface area (Å²) < 4.78 is 38.3. The summed E-state index contributed by atoms with van der Waals surface area (Å²) in [5.74, 6) is -0.855. The van der Waals surface area contributed by atoms with E-state index in [0.717, 1.165) is 18.2 Å². The van der Waals surface area contributed by atoms with Gasteiger partial charge in [0, 0.05) is 6.54 Å². The van der Waals surface area contributed by atoms with E-state index in [0.29, 0.717) is 13.0 Å². The molecule has 0 aliphatic rings. The largest absolute Gasteiger partial charge is 0.396 e. The first-order chi connectivity index (χ1) is 8.36. The van der Waals surface area contributed by atoms with Crippen LogP contribution >= 0.6 is 0 Å². The predicted molar refractivity (Wildman–Crippen MR) is 64.8 cm³/mol. The van der Waals surface area contributed by atoms with Crippen molar-refractivity contribution in [1.29, 1.82) is 0 Å². The third-order valence-electron chi connectivity index (χ3n) is 2.04. The fourth-order valence-corrected chi connectivity index (χ4v) is 2.07. The van der Waals surface area contributed by atoms with E-state index in [2.05, 4.69) is 5.32 Å². The van der Waals surface area contributed by atoms with Crippen molar-refractivity contribution < 1.29 is 17.6 Å². The van der Waals surface area contributed by atoms with Crippen LogP contribution in [-0.4, -0.2) is 21.0 Å². The molecule has 0 atom stereocenters. The molecule has 0 heterocycles. The molecule has 18 heavy (non-hydrogen) atoms. The average molecular weight is 275 g/mol. The molecule has 6 nitrogen and oxygen atoms in total. The van der Waals surface area contributed by atoms with E-state index in [1.165, 1.54) is 0 Å². The fraction of sp³-hybridized carbons (Fsp3) is 0.300. The highest BCUT2D eigenvalue weighted by Crippen LogP contribution is 2.15. The van der Waals surface area contributed by atoms with Crippen LogP contribution in [0.4, 0.5) is 14.9 Å². The third-order valence-corrected chi connectivity index (χ3v) is 3.37. The summed E-state index contributed by atoms with van der Waals surface area (Å²) in [7, 11) is -4.09. The molecular weight excluding hydrogens is 261 g/mol. The maximum atomic E-state index is 13.1. The van der Waals surface area contributed by atoms with Gasteiger partial charge in [-0.3, -0.25) is 0 Å². The van der Waals surface area contributed by atoms with Gasteiger partial charge in [-0.1, -0.05) is 6.92 Å². The molecule has 0 aliphatic carbocycles. The van der Waals surface area contributed by atoms with Gasteiger partial charge in [-0.15, -0.1) is 0 Å². The van der Waals surface area contributed by atoms with Gasteiger partial charge in [0.25, 0.3) is 10.0 Å². The summed E-state index contributed by atoms with van der Waals surface area (Å²) in [5, 5.41) is 2.34. The zero-order chi connectivity index (χ0) is 13.8. The normalized spacial score (nSPS) is 11.0. The number of halogens is 1. The highest BCUT2D eigenvalue weighted by Gasteiger charge is 2.18. The number of benzene rings is 1. The summed E-state index contributed by atoms with van der Waals surface area (Å²) in [5.41, 5.74) is 5.07. The van der Waals surface area contributed by atoms with Gasteiger partial charge in [0.2, 0.25) is 0 Å². The van der Waals surface area contributed by atoms with Gasteiger partial charge in [-0.25, -0.2) is 22.3 Å². The van der Waals surface area contributed by atoms with Gasteiger partial charge in [0.1, 0.15) is 5.82 Å². The molecule has 1 aromatic rings. The molecule has 0 unspecified atom stereocenters. The molecule has 0 aliphatic heterocycles. The number of carbonyl (C=O) groups is 1. The molecule has 0 radical (unpaired) electrons. The van der Waals surface area contributed by atoms with Crippen molar-refractivity contribution in [2.75, 3.05) is 12.3 Å². The first kappa shape index (κ1) is 14.2. The van der Waals surface area contributed by atoms with Crippen molar-refractivity contribution in [3.05, 3.63) is 24.0 Å². The SMILES string of the molecule is CCCNC(=O)NS(=O)(=O)c1ccc(N)c(F)c1. The summed E-state index contributed by atoms with van der Waals surface area (Å²) in [6.07, 6.45) is 0.671. The van der Waals surface area contributed by atoms with Crippen molar-refractivity contribution in [1.82, 2.24) is 10.0 Å². The number of hydrogen-bond donors (Lipinski definition) is 3. The van der Waals surface area contributed by atoms with Gasteiger partial charge < -0.3 is 11.1 Å². The van der Waals surface area contributed by atoms with E-state index in [4.69, 9.17) is 5.73 Å². The Kier molecular flexibility index (Phi) is 4.49. The summed E-state index contributed by atoms with van der Waals surface area (Å²) in [4.78, 5) is 10.9. The zero-order valence-electron chi connectivity index (χ0n) is 9.73. The summed E-state index contributed by atoms with van der Waals surface area (Å²) in [6, 6.07) is 2.14. The third kappa shape index (κ3) is 3.59. The molecule has 100 valence electrons. The van der Waals surface area contributed by atoms with Crippen molar-refractivity contribution in [3.8, 4) is 0 Å². The Morgan fingerprint density at radius 2 is 2.11 bits per heavy atom. The fourth-order valence-electron chi connectivity index (χ4n) is 1.13. The lowest BCUT2D eigenvalue weighted by atomic mass is 10.3. The number of anilines is 1. The molecule has 1 aromatic carbocycles. The van der Waals surface area contributed by atoms with Crippen molar-refractivity contribution in [3.63, 3.8) is 0 Å². The van der Waals surface area contributed by atoms with E-state index in [-0.39, 0.29) is 10.6 Å². The van der Waals surface area contributed by atoms with E-state index in [1.54, 1.807) is 4.72 Å². The second kappa shape index (κ2) is 5.67. The van der Waals surface area contributed by atoms with Crippen LogP contribution in [-0.2, 0) is 10.0 Å². The number of nitrogens with one attached hydrogen (secondary N) is 2. The lowest BCUT2D eigenvalue weighted by molar-refractivity contribution is 0.246. The number of urea groups is 1. The minimum absolute atomic E-state index is 0.163. The number of amides is 2. The number of hydrogen-bond acceptors (Lipinski definition) is 4. The van der Waals surface area contributed by atoms with Gasteiger partial charge >= 0.3 is 6.03 Å². The molecule has 4 N–H and O–H groups in total. The minimum atomic E-state index is -4.09. The minimum Gasteiger partial charge on any atom is -0.396 e.